The third kappa shape index (κ3) is 2.77. The minimum Gasteiger partial charge on any atom is -0.423 e. The number of ether oxygens (including phenoxy) is 1. The average Bonchev–Trinajstić information content (AvgIpc) is 3.12. The first-order chi connectivity index (χ1) is 10.6. The highest BCUT2D eigenvalue weighted by molar-refractivity contribution is 5.74. The van der Waals surface area contributed by atoms with Gasteiger partial charge < -0.3 is 18.6 Å². The Hall–Kier alpha value is -2.48. The molecule has 1 aromatic carbocycles. The minimum atomic E-state index is -0.368. The van der Waals surface area contributed by atoms with Crippen LogP contribution in [0.25, 0.3) is 11.1 Å². The van der Waals surface area contributed by atoms with Gasteiger partial charge in [0.25, 0.3) is 6.01 Å². The van der Waals surface area contributed by atoms with E-state index in [-0.39, 0.29) is 11.9 Å². The maximum Gasteiger partial charge on any atom is 0.298 e. The van der Waals surface area contributed by atoms with Crippen molar-refractivity contribution in [2.24, 2.45) is 0 Å². The Balaban J connectivity index is 1.77. The van der Waals surface area contributed by atoms with Crippen LogP contribution < -0.4 is 4.90 Å². The molecule has 0 radical (unpaired) electrons. The standard InChI is InChI=1S/C14H15FN4O3/c1-8(20-3)13-17-12(22-18-13)7-19(2)14-16-10-5-4-9(15)6-11(10)21-14/h4-6,8H,7H2,1-3H3. The number of fused-ring (bicyclic) bond motifs is 1. The Labute approximate surface area is 125 Å². The van der Waals surface area contributed by atoms with E-state index < -0.39 is 0 Å². The van der Waals surface area contributed by atoms with Crippen LogP contribution in [-0.4, -0.2) is 29.3 Å². The van der Waals surface area contributed by atoms with Crippen molar-refractivity contribution in [2.45, 2.75) is 19.6 Å². The zero-order valence-corrected chi connectivity index (χ0v) is 12.4. The van der Waals surface area contributed by atoms with E-state index in [9.17, 15) is 4.39 Å². The molecular weight excluding hydrogens is 291 g/mol. The predicted octanol–water partition coefficient (Wildman–Crippen LogP) is 2.69. The fourth-order valence-corrected chi connectivity index (χ4v) is 1.92. The molecule has 0 amide bonds. The van der Waals surface area contributed by atoms with Crippen molar-refractivity contribution in [3.05, 3.63) is 35.7 Å². The molecule has 1 unspecified atom stereocenters. The number of anilines is 1. The Morgan fingerprint density at radius 2 is 2.18 bits per heavy atom. The number of benzene rings is 1. The summed E-state index contributed by atoms with van der Waals surface area (Å²) in [5, 5.41) is 3.85. The lowest BCUT2D eigenvalue weighted by atomic mass is 10.3. The van der Waals surface area contributed by atoms with Crippen LogP contribution in [0.15, 0.2) is 27.1 Å². The van der Waals surface area contributed by atoms with Gasteiger partial charge in [0.2, 0.25) is 5.89 Å². The van der Waals surface area contributed by atoms with Crippen molar-refractivity contribution in [1.29, 1.82) is 0 Å². The van der Waals surface area contributed by atoms with Crippen molar-refractivity contribution >= 4 is 17.1 Å². The van der Waals surface area contributed by atoms with Crippen LogP contribution in [-0.2, 0) is 11.3 Å². The van der Waals surface area contributed by atoms with Crippen molar-refractivity contribution in [2.75, 3.05) is 19.1 Å². The summed E-state index contributed by atoms with van der Waals surface area (Å²) in [6.45, 7) is 2.15. The van der Waals surface area contributed by atoms with E-state index in [1.807, 2.05) is 6.92 Å². The first kappa shape index (κ1) is 14.5. The molecular formula is C14H15FN4O3. The van der Waals surface area contributed by atoms with Gasteiger partial charge in [-0.3, -0.25) is 0 Å². The Morgan fingerprint density at radius 3 is 2.95 bits per heavy atom. The van der Waals surface area contributed by atoms with Gasteiger partial charge >= 0.3 is 0 Å². The number of hydrogen-bond acceptors (Lipinski definition) is 7. The summed E-state index contributed by atoms with van der Waals surface area (Å²) < 4.78 is 29.0. The number of oxazole rings is 1. The number of hydrogen-bond donors (Lipinski definition) is 0. The summed E-state index contributed by atoms with van der Waals surface area (Å²) in [6.07, 6.45) is -0.241. The molecule has 0 fully saturated rings. The van der Waals surface area contributed by atoms with Gasteiger partial charge in [-0.2, -0.15) is 9.97 Å². The zero-order valence-electron chi connectivity index (χ0n) is 12.4. The molecule has 0 bridgehead atoms. The van der Waals surface area contributed by atoms with Crippen LogP contribution in [0.1, 0.15) is 24.7 Å². The van der Waals surface area contributed by atoms with Crippen molar-refractivity contribution < 1.29 is 18.1 Å². The molecule has 3 rings (SSSR count). The fourth-order valence-electron chi connectivity index (χ4n) is 1.92. The smallest absolute Gasteiger partial charge is 0.298 e. The topological polar surface area (TPSA) is 77.4 Å². The highest BCUT2D eigenvalue weighted by Crippen LogP contribution is 2.23. The van der Waals surface area contributed by atoms with Gasteiger partial charge in [0.05, 0.1) is 0 Å². The second-order valence-corrected chi connectivity index (χ2v) is 4.89. The van der Waals surface area contributed by atoms with E-state index in [2.05, 4.69) is 15.1 Å². The summed E-state index contributed by atoms with van der Waals surface area (Å²) in [5.74, 6) is 0.522. The monoisotopic (exact) mass is 306 g/mol. The Morgan fingerprint density at radius 1 is 1.36 bits per heavy atom. The van der Waals surface area contributed by atoms with Crippen LogP contribution >= 0.6 is 0 Å². The predicted molar refractivity (Wildman–Crippen MR) is 75.8 cm³/mol. The summed E-state index contributed by atoms with van der Waals surface area (Å²) in [5.41, 5.74) is 0.976. The summed E-state index contributed by atoms with van der Waals surface area (Å²) in [6, 6.07) is 4.55. The summed E-state index contributed by atoms with van der Waals surface area (Å²) in [7, 11) is 3.34. The lowest BCUT2D eigenvalue weighted by molar-refractivity contribution is 0.109. The number of halogens is 1. The molecule has 0 spiro atoms. The Bertz CT molecular complexity index is 785. The molecule has 8 heteroatoms. The van der Waals surface area contributed by atoms with Crippen LogP contribution in [0.4, 0.5) is 10.4 Å². The fraction of sp³-hybridized carbons (Fsp3) is 0.357. The van der Waals surface area contributed by atoms with E-state index >= 15 is 0 Å². The molecule has 7 nitrogen and oxygen atoms in total. The maximum absolute atomic E-state index is 13.2. The molecule has 3 aromatic rings. The second kappa shape index (κ2) is 5.72. The van der Waals surface area contributed by atoms with Crippen molar-refractivity contribution in [3.8, 4) is 0 Å². The van der Waals surface area contributed by atoms with E-state index in [0.717, 1.165) is 0 Å². The van der Waals surface area contributed by atoms with Crippen molar-refractivity contribution in [3.63, 3.8) is 0 Å². The quantitative estimate of drug-likeness (QED) is 0.717. The van der Waals surface area contributed by atoms with Crippen LogP contribution in [0.3, 0.4) is 0 Å². The molecule has 2 aromatic heterocycles. The first-order valence-corrected chi connectivity index (χ1v) is 6.69. The molecule has 22 heavy (non-hydrogen) atoms. The van der Waals surface area contributed by atoms with E-state index in [1.54, 1.807) is 25.1 Å². The van der Waals surface area contributed by atoms with E-state index in [1.165, 1.54) is 12.1 Å². The van der Waals surface area contributed by atoms with Gasteiger partial charge in [0, 0.05) is 20.2 Å². The average molecular weight is 306 g/mol. The van der Waals surface area contributed by atoms with Gasteiger partial charge in [-0.15, -0.1) is 0 Å². The largest absolute Gasteiger partial charge is 0.423 e. The molecule has 0 N–H and O–H groups in total. The number of rotatable bonds is 5. The number of methoxy groups -OCH3 is 1. The summed E-state index contributed by atoms with van der Waals surface area (Å²) >= 11 is 0. The van der Waals surface area contributed by atoms with Crippen molar-refractivity contribution in [1.82, 2.24) is 15.1 Å². The molecule has 2 heterocycles. The normalized spacial score (nSPS) is 12.7. The summed E-state index contributed by atoms with van der Waals surface area (Å²) in [4.78, 5) is 10.2. The Kier molecular flexibility index (Phi) is 3.76. The highest BCUT2D eigenvalue weighted by atomic mass is 19.1. The molecule has 1 atom stereocenters. The second-order valence-electron chi connectivity index (χ2n) is 4.89. The molecule has 0 aliphatic heterocycles. The molecule has 0 saturated carbocycles. The van der Waals surface area contributed by atoms with Gasteiger partial charge in [-0.05, 0) is 19.1 Å². The number of aromatic nitrogens is 3. The lowest BCUT2D eigenvalue weighted by Gasteiger charge is -2.10. The minimum absolute atomic E-state index is 0.241. The van der Waals surface area contributed by atoms with Gasteiger partial charge in [0.15, 0.2) is 11.4 Å². The zero-order chi connectivity index (χ0) is 15.7. The SMILES string of the molecule is COC(C)c1noc(CN(C)c2nc3ccc(F)cc3o2)n1. The van der Waals surface area contributed by atoms with Gasteiger partial charge in [0.1, 0.15) is 24.0 Å². The van der Waals surface area contributed by atoms with Crippen LogP contribution in [0.5, 0.6) is 0 Å². The third-order valence-electron chi connectivity index (χ3n) is 3.24. The number of nitrogens with zero attached hydrogens (tertiary/aromatic N) is 4. The van der Waals surface area contributed by atoms with E-state index in [0.29, 0.717) is 35.4 Å². The van der Waals surface area contributed by atoms with E-state index in [4.69, 9.17) is 13.7 Å². The first-order valence-electron chi connectivity index (χ1n) is 6.69. The molecule has 0 aliphatic rings. The van der Waals surface area contributed by atoms with Gasteiger partial charge in [-0.1, -0.05) is 5.16 Å². The molecule has 0 saturated heterocycles. The molecule has 116 valence electrons. The highest BCUT2D eigenvalue weighted by Gasteiger charge is 2.17. The van der Waals surface area contributed by atoms with Crippen LogP contribution in [0.2, 0.25) is 0 Å². The maximum atomic E-state index is 13.2. The lowest BCUT2D eigenvalue weighted by Crippen LogP contribution is -2.17. The molecule has 0 aliphatic carbocycles. The van der Waals surface area contributed by atoms with Gasteiger partial charge in [-0.25, -0.2) is 4.39 Å². The third-order valence-corrected chi connectivity index (χ3v) is 3.24. The van der Waals surface area contributed by atoms with Crippen LogP contribution in [0, 0.1) is 5.82 Å².